The average molecular weight is 402 g/mol. The summed E-state index contributed by atoms with van der Waals surface area (Å²) in [5, 5.41) is 2.81. The van der Waals surface area contributed by atoms with Crippen molar-refractivity contribution in [3.05, 3.63) is 24.5 Å². The van der Waals surface area contributed by atoms with Crippen molar-refractivity contribution in [2.45, 2.75) is 24.8 Å². The van der Waals surface area contributed by atoms with Crippen LogP contribution in [0.25, 0.3) is 0 Å². The first-order valence-electron chi connectivity index (χ1n) is 9.05. The van der Waals surface area contributed by atoms with Crippen molar-refractivity contribution >= 4 is 27.7 Å². The molecule has 2 saturated heterocycles. The van der Waals surface area contributed by atoms with Crippen LogP contribution in [-0.4, -0.2) is 73.3 Å². The van der Waals surface area contributed by atoms with E-state index in [0.29, 0.717) is 32.7 Å². The van der Waals surface area contributed by atoms with Crippen molar-refractivity contribution < 1.29 is 17.9 Å². The van der Waals surface area contributed by atoms with Crippen LogP contribution in [0.4, 0.5) is 0 Å². The van der Waals surface area contributed by atoms with Gasteiger partial charge in [-0.25, -0.2) is 12.7 Å². The molecular weight excluding hydrogens is 374 g/mol. The second-order valence-corrected chi connectivity index (χ2v) is 10.1. The van der Waals surface area contributed by atoms with Crippen LogP contribution < -0.4 is 5.32 Å². The Bertz CT molecular complexity index is 679. The van der Waals surface area contributed by atoms with Gasteiger partial charge >= 0.3 is 0 Å². The van der Waals surface area contributed by atoms with Crippen LogP contribution >= 0.6 is 11.8 Å². The fourth-order valence-corrected chi connectivity index (χ4v) is 6.05. The normalized spacial score (nSPS) is 21.4. The Hall–Kier alpha value is -1.03. The average Bonchev–Trinajstić information content (AvgIpc) is 3.18. The van der Waals surface area contributed by atoms with E-state index in [1.807, 2.05) is 24.5 Å². The van der Waals surface area contributed by atoms with Crippen molar-refractivity contribution in [2.75, 3.05) is 50.1 Å². The Morgan fingerprint density at radius 1 is 1.15 bits per heavy atom. The number of thioether (sulfide) groups is 1. The highest BCUT2D eigenvalue weighted by Crippen LogP contribution is 2.32. The number of amides is 1. The lowest BCUT2D eigenvalue weighted by atomic mass is 9.86. The highest BCUT2D eigenvalue weighted by atomic mass is 32.2. The molecule has 1 aromatic rings. The SMILES string of the molecule is O=C(CC1(n2cccc2)CCOCC1)NCCS(=O)(=O)N1CCSCC1. The molecular formula is C17H27N3O4S2. The lowest BCUT2D eigenvalue weighted by molar-refractivity contribution is -0.124. The van der Waals surface area contributed by atoms with Crippen LogP contribution in [0.3, 0.4) is 0 Å². The highest BCUT2D eigenvalue weighted by Gasteiger charge is 2.36. The number of nitrogens with one attached hydrogen (secondary N) is 1. The van der Waals surface area contributed by atoms with Gasteiger partial charge in [-0.05, 0) is 25.0 Å². The molecule has 0 atom stereocenters. The molecule has 3 heterocycles. The van der Waals surface area contributed by atoms with E-state index in [4.69, 9.17) is 4.74 Å². The van der Waals surface area contributed by atoms with Crippen LogP contribution in [0.15, 0.2) is 24.5 Å². The van der Waals surface area contributed by atoms with Gasteiger partial charge in [0, 0.05) is 56.7 Å². The van der Waals surface area contributed by atoms with Crippen LogP contribution in [0.2, 0.25) is 0 Å². The first-order valence-corrected chi connectivity index (χ1v) is 11.8. The monoisotopic (exact) mass is 401 g/mol. The van der Waals surface area contributed by atoms with Gasteiger partial charge in [0.25, 0.3) is 0 Å². The van der Waals surface area contributed by atoms with E-state index in [1.54, 1.807) is 11.8 Å². The molecule has 2 aliphatic rings. The number of carbonyl (C=O) groups excluding carboxylic acids is 1. The maximum atomic E-state index is 12.5. The third kappa shape index (κ3) is 4.82. The minimum atomic E-state index is -3.29. The molecule has 0 aromatic carbocycles. The van der Waals surface area contributed by atoms with Crippen LogP contribution in [-0.2, 0) is 25.1 Å². The molecule has 26 heavy (non-hydrogen) atoms. The molecule has 1 N–H and O–H groups in total. The Morgan fingerprint density at radius 3 is 2.46 bits per heavy atom. The molecule has 0 aliphatic carbocycles. The van der Waals surface area contributed by atoms with Gasteiger partial charge < -0.3 is 14.6 Å². The first kappa shape index (κ1) is 19.7. The maximum Gasteiger partial charge on any atom is 0.222 e. The van der Waals surface area contributed by atoms with Gasteiger partial charge in [-0.3, -0.25) is 4.79 Å². The summed E-state index contributed by atoms with van der Waals surface area (Å²) in [6, 6.07) is 3.91. The number of hydrogen-bond acceptors (Lipinski definition) is 5. The largest absolute Gasteiger partial charge is 0.381 e. The number of carbonyl (C=O) groups is 1. The molecule has 1 amide bonds. The van der Waals surface area contributed by atoms with E-state index in [0.717, 1.165) is 24.3 Å². The van der Waals surface area contributed by atoms with Crippen molar-refractivity contribution in [1.29, 1.82) is 0 Å². The smallest absolute Gasteiger partial charge is 0.222 e. The lowest BCUT2D eigenvalue weighted by Gasteiger charge is -2.38. The summed E-state index contributed by atoms with van der Waals surface area (Å²) in [5.74, 6) is 1.54. The van der Waals surface area contributed by atoms with Gasteiger partial charge in [-0.2, -0.15) is 11.8 Å². The van der Waals surface area contributed by atoms with Crippen molar-refractivity contribution in [3.63, 3.8) is 0 Å². The van der Waals surface area contributed by atoms with Crippen LogP contribution in [0.1, 0.15) is 19.3 Å². The number of rotatable bonds is 7. The molecule has 1 aromatic heterocycles. The first-order chi connectivity index (χ1) is 12.5. The predicted molar refractivity (Wildman–Crippen MR) is 103 cm³/mol. The summed E-state index contributed by atoms with van der Waals surface area (Å²) >= 11 is 1.77. The van der Waals surface area contributed by atoms with Gasteiger partial charge in [0.2, 0.25) is 15.9 Å². The molecule has 0 radical (unpaired) electrons. The number of sulfonamides is 1. The summed E-state index contributed by atoms with van der Waals surface area (Å²) in [6.07, 6.45) is 5.86. The van der Waals surface area contributed by atoms with E-state index < -0.39 is 10.0 Å². The van der Waals surface area contributed by atoms with Crippen molar-refractivity contribution in [1.82, 2.24) is 14.2 Å². The summed E-state index contributed by atoms with van der Waals surface area (Å²) in [6.45, 7) is 2.55. The molecule has 146 valence electrons. The van der Waals surface area contributed by atoms with Gasteiger partial charge in [0.05, 0.1) is 17.7 Å². The van der Waals surface area contributed by atoms with Gasteiger partial charge in [-0.1, -0.05) is 0 Å². The molecule has 0 bridgehead atoms. The number of hydrogen-bond donors (Lipinski definition) is 1. The summed E-state index contributed by atoms with van der Waals surface area (Å²) in [5.41, 5.74) is -0.283. The molecule has 0 saturated carbocycles. The molecule has 0 spiro atoms. The Balaban J connectivity index is 1.52. The molecule has 2 aliphatic heterocycles. The van der Waals surface area contributed by atoms with Crippen molar-refractivity contribution in [3.8, 4) is 0 Å². The van der Waals surface area contributed by atoms with E-state index in [9.17, 15) is 13.2 Å². The zero-order valence-corrected chi connectivity index (χ0v) is 16.6. The third-order valence-corrected chi connectivity index (χ3v) is 7.93. The van der Waals surface area contributed by atoms with E-state index in [-0.39, 0.29) is 23.7 Å². The van der Waals surface area contributed by atoms with E-state index in [2.05, 4.69) is 9.88 Å². The molecule has 0 unspecified atom stereocenters. The molecule has 3 rings (SSSR count). The van der Waals surface area contributed by atoms with Crippen LogP contribution in [0.5, 0.6) is 0 Å². The topological polar surface area (TPSA) is 80.6 Å². The second-order valence-electron chi connectivity index (χ2n) is 6.78. The number of ether oxygens (including phenoxy) is 1. The quantitative estimate of drug-likeness (QED) is 0.734. The van der Waals surface area contributed by atoms with Gasteiger partial charge in [-0.15, -0.1) is 0 Å². The Labute approximate surface area is 159 Å². The zero-order valence-electron chi connectivity index (χ0n) is 14.9. The third-order valence-electron chi connectivity index (χ3n) is 5.11. The summed E-state index contributed by atoms with van der Waals surface area (Å²) in [4.78, 5) is 12.5. The Kier molecular flexibility index (Phi) is 6.65. The number of nitrogens with zero attached hydrogens (tertiary/aromatic N) is 2. The fourth-order valence-electron chi connectivity index (χ4n) is 3.56. The number of aromatic nitrogens is 1. The van der Waals surface area contributed by atoms with Gasteiger partial charge in [0.1, 0.15) is 0 Å². The lowest BCUT2D eigenvalue weighted by Crippen LogP contribution is -2.45. The predicted octanol–water partition coefficient (Wildman–Crippen LogP) is 0.879. The van der Waals surface area contributed by atoms with Gasteiger partial charge in [0.15, 0.2) is 0 Å². The molecule has 9 heteroatoms. The Morgan fingerprint density at radius 2 is 1.81 bits per heavy atom. The standard InChI is InChI=1S/C17H27N3O4S2/c21-16(18-5-14-26(22,23)20-8-12-25-13-9-20)15-17(3-10-24-11-4-17)19-6-1-2-7-19/h1-2,6-7H,3-5,8-15H2,(H,18,21). The summed E-state index contributed by atoms with van der Waals surface area (Å²) in [7, 11) is -3.29. The zero-order chi connectivity index (χ0) is 18.5. The van der Waals surface area contributed by atoms with Crippen LogP contribution in [0, 0.1) is 0 Å². The fraction of sp³-hybridized carbons (Fsp3) is 0.706. The van der Waals surface area contributed by atoms with E-state index in [1.165, 1.54) is 4.31 Å². The molecule has 7 nitrogen and oxygen atoms in total. The minimum Gasteiger partial charge on any atom is -0.381 e. The van der Waals surface area contributed by atoms with Crippen molar-refractivity contribution in [2.24, 2.45) is 0 Å². The van der Waals surface area contributed by atoms with E-state index >= 15 is 0 Å². The molecule has 2 fully saturated rings. The minimum absolute atomic E-state index is 0.0387. The maximum absolute atomic E-state index is 12.5. The highest BCUT2D eigenvalue weighted by molar-refractivity contribution is 7.99. The second kappa shape index (κ2) is 8.77. The summed E-state index contributed by atoms with van der Waals surface area (Å²) < 4.78 is 33.8.